The van der Waals surface area contributed by atoms with Crippen molar-refractivity contribution in [2.45, 2.75) is 12.8 Å². The average Bonchev–Trinajstić information content (AvgIpc) is 2.93. The number of carbonyl (C=O) groups is 1. The van der Waals surface area contributed by atoms with Crippen molar-refractivity contribution in [3.63, 3.8) is 0 Å². The molecule has 1 amide bonds. The predicted molar refractivity (Wildman–Crippen MR) is 79.8 cm³/mol. The molecule has 1 heterocycles. The molecule has 1 atom stereocenters. The number of aromatic hydroxyl groups is 1. The van der Waals surface area contributed by atoms with Crippen molar-refractivity contribution in [2.24, 2.45) is 5.92 Å². The lowest BCUT2D eigenvalue weighted by Gasteiger charge is -2.11. The first-order valence-electron chi connectivity index (χ1n) is 6.95. The average molecular weight is 270 g/mol. The van der Waals surface area contributed by atoms with Gasteiger partial charge >= 0.3 is 0 Å². The standard InChI is InChI=1S/C16H18N2O2/c19-15-6-2-3-12-13(15)4-1-5-14(12)18-16(20)9-11-7-8-17-10-11/h1-6,11,17,19H,7-10H2,(H,18,20). The molecule has 0 bridgehead atoms. The van der Waals surface area contributed by atoms with Crippen molar-refractivity contribution >= 4 is 22.4 Å². The molecular weight excluding hydrogens is 252 g/mol. The topological polar surface area (TPSA) is 61.4 Å². The number of hydrogen-bond acceptors (Lipinski definition) is 3. The molecule has 4 heteroatoms. The fourth-order valence-corrected chi connectivity index (χ4v) is 2.75. The summed E-state index contributed by atoms with van der Waals surface area (Å²) in [6.07, 6.45) is 1.60. The van der Waals surface area contributed by atoms with E-state index in [-0.39, 0.29) is 11.7 Å². The molecule has 1 aliphatic rings. The van der Waals surface area contributed by atoms with E-state index in [9.17, 15) is 9.90 Å². The molecule has 1 unspecified atom stereocenters. The molecule has 0 spiro atoms. The van der Waals surface area contributed by atoms with Crippen molar-refractivity contribution in [1.82, 2.24) is 5.32 Å². The van der Waals surface area contributed by atoms with Gasteiger partial charge in [0.25, 0.3) is 0 Å². The van der Waals surface area contributed by atoms with Crippen LogP contribution in [0.3, 0.4) is 0 Å². The van der Waals surface area contributed by atoms with E-state index in [1.54, 1.807) is 12.1 Å². The van der Waals surface area contributed by atoms with Crippen LogP contribution in [0.4, 0.5) is 5.69 Å². The molecule has 3 rings (SSSR count). The summed E-state index contributed by atoms with van der Waals surface area (Å²) < 4.78 is 0. The van der Waals surface area contributed by atoms with Gasteiger partial charge in [-0.3, -0.25) is 4.79 Å². The maximum Gasteiger partial charge on any atom is 0.224 e. The first-order chi connectivity index (χ1) is 9.74. The molecule has 0 aliphatic carbocycles. The number of phenols is 1. The Labute approximate surface area is 117 Å². The van der Waals surface area contributed by atoms with E-state index in [0.717, 1.165) is 36.0 Å². The van der Waals surface area contributed by atoms with Gasteiger partial charge in [-0.05, 0) is 37.6 Å². The molecule has 4 nitrogen and oxygen atoms in total. The molecule has 0 aromatic heterocycles. The van der Waals surface area contributed by atoms with Crippen LogP contribution in [-0.4, -0.2) is 24.1 Å². The van der Waals surface area contributed by atoms with E-state index in [0.29, 0.717) is 12.3 Å². The lowest BCUT2D eigenvalue weighted by molar-refractivity contribution is -0.116. The first kappa shape index (κ1) is 12.9. The number of phenolic OH excluding ortho intramolecular Hbond substituents is 1. The summed E-state index contributed by atoms with van der Waals surface area (Å²) in [7, 11) is 0. The number of hydrogen-bond donors (Lipinski definition) is 3. The van der Waals surface area contributed by atoms with Gasteiger partial charge in [0.1, 0.15) is 5.75 Å². The fourth-order valence-electron chi connectivity index (χ4n) is 2.75. The Morgan fingerprint density at radius 3 is 2.85 bits per heavy atom. The zero-order chi connectivity index (χ0) is 13.9. The molecule has 3 N–H and O–H groups in total. The highest BCUT2D eigenvalue weighted by Crippen LogP contribution is 2.30. The van der Waals surface area contributed by atoms with Crippen LogP contribution in [0, 0.1) is 5.92 Å². The van der Waals surface area contributed by atoms with Crippen molar-refractivity contribution in [3.05, 3.63) is 36.4 Å². The van der Waals surface area contributed by atoms with Crippen molar-refractivity contribution in [1.29, 1.82) is 0 Å². The number of anilines is 1. The molecule has 2 aromatic rings. The first-order valence-corrected chi connectivity index (χ1v) is 6.95. The third-order valence-electron chi connectivity index (χ3n) is 3.81. The Balaban J connectivity index is 1.80. The van der Waals surface area contributed by atoms with Gasteiger partial charge in [-0.15, -0.1) is 0 Å². The number of carbonyl (C=O) groups excluding carboxylic acids is 1. The Morgan fingerprint density at radius 1 is 1.25 bits per heavy atom. The summed E-state index contributed by atoms with van der Waals surface area (Å²) in [6, 6.07) is 10.9. The molecule has 1 fully saturated rings. The van der Waals surface area contributed by atoms with Gasteiger partial charge in [0.05, 0.1) is 0 Å². The van der Waals surface area contributed by atoms with Crippen molar-refractivity contribution < 1.29 is 9.90 Å². The minimum absolute atomic E-state index is 0.0366. The van der Waals surface area contributed by atoms with Gasteiger partial charge in [-0.1, -0.05) is 24.3 Å². The summed E-state index contributed by atoms with van der Waals surface area (Å²) in [4.78, 5) is 12.1. The molecule has 2 aromatic carbocycles. The van der Waals surface area contributed by atoms with Crippen LogP contribution >= 0.6 is 0 Å². The van der Waals surface area contributed by atoms with E-state index in [1.807, 2.05) is 24.3 Å². The van der Waals surface area contributed by atoms with Crippen LogP contribution < -0.4 is 10.6 Å². The lowest BCUT2D eigenvalue weighted by atomic mass is 10.0. The summed E-state index contributed by atoms with van der Waals surface area (Å²) >= 11 is 0. The summed E-state index contributed by atoms with van der Waals surface area (Å²) in [5.41, 5.74) is 0.759. The van der Waals surface area contributed by atoms with Gasteiger partial charge in [0.2, 0.25) is 5.91 Å². The molecule has 20 heavy (non-hydrogen) atoms. The third kappa shape index (κ3) is 2.60. The van der Waals surface area contributed by atoms with Gasteiger partial charge in [-0.2, -0.15) is 0 Å². The van der Waals surface area contributed by atoms with E-state index >= 15 is 0 Å². The molecule has 1 aliphatic heterocycles. The maximum atomic E-state index is 12.1. The molecular formula is C16H18N2O2. The largest absolute Gasteiger partial charge is 0.507 e. The highest BCUT2D eigenvalue weighted by atomic mass is 16.3. The number of fused-ring (bicyclic) bond motifs is 1. The van der Waals surface area contributed by atoms with Gasteiger partial charge in [0, 0.05) is 22.9 Å². The molecule has 1 saturated heterocycles. The number of rotatable bonds is 3. The van der Waals surface area contributed by atoms with Crippen molar-refractivity contribution in [3.8, 4) is 5.75 Å². The summed E-state index contributed by atoms with van der Waals surface area (Å²) in [5, 5.41) is 17.7. The summed E-state index contributed by atoms with van der Waals surface area (Å²) in [5.74, 6) is 0.700. The summed E-state index contributed by atoms with van der Waals surface area (Å²) in [6.45, 7) is 1.92. The molecule has 104 valence electrons. The maximum absolute atomic E-state index is 12.1. The van der Waals surface area contributed by atoms with Crippen LogP contribution in [0.15, 0.2) is 36.4 Å². The second-order valence-corrected chi connectivity index (χ2v) is 5.29. The zero-order valence-corrected chi connectivity index (χ0v) is 11.2. The highest BCUT2D eigenvalue weighted by molar-refractivity contribution is 6.03. The normalized spacial score (nSPS) is 18.3. The Bertz CT molecular complexity index is 633. The van der Waals surface area contributed by atoms with Gasteiger partial charge in [0.15, 0.2) is 0 Å². The SMILES string of the molecule is O=C(CC1CCNC1)Nc1cccc2c(O)cccc12. The van der Waals surface area contributed by atoms with E-state index in [2.05, 4.69) is 10.6 Å². The van der Waals surface area contributed by atoms with Gasteiger partial charge < -0.3 is 15.7 Å². The quantitative estimate of drug-likeness (QED) is 0.803. The lowest BCUT2D eigenvalue weighted by Crippen LogP contribution is -2.18. The van der Waals surface area contributed by atoms with Crippen LogP contribution in [0.25, 0.3) is 10.8 Å². The van der Waals surface area contributed by atoms with Crippen LogP contribution in [0.2, 0.25) is 0 Å². The predicted octanol–water partition coefficient (Wildman–Crippen LogP) is 2.48. The van der Waals surface area contributed by atoms with Crippen LogP contribution in [0.5, 0.6) is 5.75 Å². The Kier molecular flexibility index (Phi) is 3.56. The fraction of sp³-hybridized carbons (Fsp3) is 0.312. The Morgan fingerprint density at radius 2 is 2.05 bits per heavy atom. The number of nitrogens with one attached hydrogen (secondary N) is 2. The van der Waals surface area contributed by atoms with Crippen LogP contribution in [0.1, 0.15) is 12.8 Å². The molecule has 0 radical (unpaired) electrons. The van der Waals surface area contributed by atoms with E-state index < -0.39 is 0 Å². The van der Waals surface area contributed by atoms with Crippen LogP contribution in [-0.2, 0) is 4.79 Å². The van der Waals surface area contributed by atoms with E-state index in [4.69, 9.17) is 0 Å². The second kappa shape index (κ2) is 5.51. The minimum atomic E-state index is 0.0366. The van der Waals surface area contributed by atoms with Crippen molar-refractivity contribution in [2.75, 3.05) is 18.4 Å². The highest BCUT2D eigenvalue weighted by Gasteiger charge is 2.18. The second-order valence-electron chi connectivity index (χ2n) is 5.29. The molecule has 0 saturated carbocycles. The number of benzene rings is 2. The van der Waals surface area contributed by atoms with E-state index in [1.165, 1.54) is 0 Å². The number of amides is 1. The monoisotopic (exact) mass is 270 g/mol. The Hall–Kier alpha value is -2.07. The third-order valence-corrected chi connectivity index (χ3v) is 3.81. The smallest absolute Gasteiger partial charge is 0.224 e. The minimum Gasteiger partial charge on any atom is -0.507 e. The zero-order valence-electron chi connectivity index (χ0n) is 11.2. The van der Waals surface area contributed by atoms with Gasteiger partial charge in [-0.25, -0.2) is 0 Å².